The number of esters is 1. The van der Waals surface area contributed by atoms with Gasteiger partial charge in [0.25, 0.3) is 0 Å². The highest BCUT2D eigenvalue weighted by molar-refractivity contribution is 5.89. The molecule has 2 N–H and O–H groups in total. The molecule has 0 heterocycles. The highest BCUT2D eigenvalue weighted by Crippen LogP contribution is 2.02. The van der Waals surface area contributed by atoms with Crippen LogP contribution in [0.15, 0.2) is 30.3 Å². The van der Waals surface area contributed by atoms with Gasteiger partial charge in [-0.05, 0) is 12.1 Å². The Bertz CT molecular complexity index is 360. The van der Waals surface area contributed by atoms with Gasteiger partial charge in [-0.15, -0.1) is 0 Å². The Balaban J connectivity index is 2.39. The van der Waals surface area contributed by atoms with Gasteiger partial charge in [0.05, 0.1) is 18.1 Å². The van der Waals surface area contributed by atoms with Crippen LogP contribution in [-0.4, -0.2) is 34.9 Å². The maximum atomic E-state index is 11.4. The fourth-order valence-electron chi connectivity index (χ4n) is 1.09. The Labute approximate surface area is 92.3 Å². The maximum absolute atomic E-state index is 11.4. The zero-order chi connectivity index (χ0) is 12.0. The number of hydrogen-bond donors (Lipinski definition) is 2. The largest absolute Gasteiger partial charge is 0.481 e. The highest BCUT2D eigenvalue weighted by Gasteiger charge is 2.13. The summed E-state index contributed by atoms with van der Waals surface area (Å²) >= 11 is 0. The van der Waals surface area contributed by atoms with Gasteiger partial charge in [-0.3, -0.25) is 4.79 Å². The van der Waals surface area contributed by atoms with E-state index >= 15 is 0 Å². The maximum Gasteiger partial charge on any atom is 0.338 e. The predicted octanol–water partition coefficient (Wildman–Crippen LogP) is 0.679. The van der Waals surface area contributed by atoms with Crippen molar-refractivity contribution in [3.05, 3.63) is 35.9 Å². The molecular formula is C11H12O5. The number of carbonyl (C=O) groups is 2. The van der Waals surface area contributed by atoms with Gasteiger partial charge in [-0.25, -0.2) is 4.79 Å². The summed E-state index contributed by atoms with van der Waals surface area (Å²) in [6.45, 7) is -0.319. The van der Waals surface area contributed by atoms with Crippen molar-refractivity contribution in [2.45, 2.75) is 12.5 Å². The van der Waals surface area contributed by atoms with Gasteiger partial charge in [0, 0.05) is 0 Å². The van der Waals surface area contributed by atoms with E-state index in [2.05, 4.69) is 0 Å². The molecule has 16 heavy (non-hydrogen) atoms. The van der Waals surface area contributed by atoms with Crippen molar-refractivity contribution in [2.24, 2.45) is 0 Å². The van der Waals surface area contributed by atoms with Crippen molar-refractivity contribution in [3.63, 3.8) is 0 Å². The second-order valence-electron chi connectivity index (χ2n) is 3.22. The van der Waals surface area contributed by atoms with Gasteiger partial charge in [-0.2, -0.15) is 0 Å². The first-order valence-corrected chi connectivity index (χ1v) is 4.71. The number of ether oxygens (including phenoxy) is 1. The van der Waals surface area contributed by atoms with Gasteiger partial charge in [-0.1, -0.05) is 18.2 Å². The molecule has 0 saturated heterocycles. The van der Waals surface area contributed by atoms with Crippen molar-refractivity contribution in [3.8, 4) is 0 Å². The first-order valence-electron chi connectivity index (χ1n) is 4.71. The summed E-state index contributed by atoms with van der Waals surface area (Å²) in [5.41, 5.74) is 0.366. The Morgan fingerprint density at radius 1 is 1.25 bits per heavy atom. The van der Waals surface area contributed by atoms with Crippen LogP contribution in [0.2, 0.25) is 0 Å². The molecule has 5 nitrogen and oxygen atoms in total. The summed E-state index contributed by atoms with van der Waals surface area (Å²) in [6.07, 6.45) is -1.62. The number of carboxylic acids is 1. The average Bonchev–Trinajstić information content (AvgIpc) is 2.26. The van der Waals surface area contributed by atoms with E-state index in [1.807, 2.05) is 0 Å². The van der Waals surface area contributed by atoms with Gasteiger partial charge >= 0.3 is 11.9 Å². The molecule has 0 aliphatic carbocycles. The van der Waals surface area contributed by atoms with E-state index in [0.717, 1.165) is 0 Å². The summed E-state index contributed by atoms with van der Waals surface area (Å²) in [5.74, 6) is -1.71. The summed E-state index contributed by atoms with van der Waals surface area (Å²) < 4.78 is 4.74. The molecule has 0 spiro atoms. The van der Waals surface area contributed by atoms with Crippen LogP contribution in [0.3, 0.4) is 0 Å². The predicted molar refractivity (Wildman–Crippen MR) is 55.0 cm³/mol. The molecule has 0 amide bonds. The van der Waals surface area contributed by atoms with Crippen LogP contribution in [0.4, 0.5) is 0 Å². The van der Waals surface area contributed by atoms with E-state index in [0.29, 0.717) is 5.56 Å². The molecule has 1 atom stereocenters. The molecule has 1 unspecified atom stereocenters. The Morgan fingerprint density at radius 2 is 1.88 bits per heavy atom. The summed E-state index contributed by atoms with van der Waals surface area (Å²) in [7, 11) is 0. The van der Waals surface area contributed by atoms with Crippen molar-refractivity contribution in [2.75, 3.05) is 6.61 Å². The standard InChI is InChI=1S/C11H12O5/c12-9(6-10(13)14)7-16-11(15)8-4-2-1-3-5-8/h1-5,9,12H,6-7H2,(H,13,14). The number of aliphatic hydroxyl groups is 1. The van der Waals surface area contributed by atoms with E-state index < -0.39 is 24.5 Å². The van der Waals surface area contributed by atoms with Crippen molar-refractivity contribution in [1.29, 1.82) is 0 Å². The van der Waals surface area contributed by atoms with Gasteiger partial charge in [0.2, 0.25) is 0 Å². The van der Waals surface area contributed by atoms with E-state index in [9.17, 15) is 9.59 Å². The van der Waals surface area contributed by atoms with E-state index in [4.69, 9.17) is 14.9 Å². The van der Waals surface area contributed by atoms with Crippen LogP contribution in [-0.2, 0) is 9.53 Å². The second-order valence-corrected chi connectivity index (χ2v) is 3.22. The fourth-order valence-corrected chi connectivity index (χ4v) is 1.09. The average molecular weight is 224 g/mol. The Kier molecular flexibility index (Phi) is 4.47. The lowest BCUT2D eigenvalue weighted by Crippen LogP contribution is -2.21. The molecule has 0 aliphatic heterocycles. The molecule has 0 aliphatic rings. The van der Waals surface area contributed by atoms with Crippen LogP contribution in [0.5, 0.6) is 0 Å². The Morgan fingerprint density at radius 3 is 2.44 bits per heavy atom. The molecule has 86 valence electrons. The molecule has 0 fully saturated rings. The molecule has 1 aromatic rings. The zero-order valence-electron chi connectivity index (χ0n) is 8.50. The third-order valence-corrected chi connectivity index (χ3v) is 1.83. The van der Waals surface area contributed by atoms with Gasteiger partial charge in [0.15, 0.2) is 0 Å². The third kappa shape index (κ3) is 4.10. The lowest BCUT2D eigenvalue weighted by molar-refractivity contribution is -0.139. The highest BCUT2D eigenvalue weighted by atomic mass is 16.5. The van der Waals surface area contributed by atoms with Gasteiger partial charge < -0.3 is 14.9 Å². The van der Waals surface area contributed by atoms with Crippen LogP contribution in [0.25, 0.3) is 0 Å². The number of carbonyl (C=O) groups excluding carboxylic acids is 1. The zero-order valence-corrected chi connectivity index (χ0v) is 8.50. The summed E-state index contributed by atoms with van der Waals surface area (Å²) in [5, 5.41) is 17.5. The van der Waals surface area contributed by atoms with Crippen LogP contribution in [0.1, 0.15) is 16.8 Å². The van der Waals surface area contributed by atoms with Crippen molar-refractivity contribution in [1.82, 2.24) is 0 Å². The number of hydrogen-bond acceptors (Lipinski definition) is 4. The molecule has 0 radical (unpaired) electrons. The van der Waals surface area contributed by atoms with Crippen molar-refractivity contribution < 1.29 is 24.5 Å². The molecule has 0 aromatic heterocycles. The number of aliphatic carboxylic acids is 1. The number of aliphatic hydroxyl groups excluding tert-OH is 1. The van der Waals surface area contributed by atoms with Crippen LogP contribution >= 0.6 is 0 Å². The fraction of sp³-hybridized carbons (Fsp3) is 0.273. The lowest BCUT2D eigenvalue weighted by Gasteiger charge is -2.08. The van der Waals surface area contributed by atoms with E-state index in [-0.39, 0.29) is 6.61 Å². The molecule has 0 bridgehead atoms. The van der Waals surface area contributed by atoms with Gasteiger partial charge in [0.1, 0.15) is 6.61 Å². The third-order valence-electron chi connectivity index (χ3n) is 1.83. The Hall–Kier alpha value is -1.88. The van der Waals surface area contributed by atoms with E-state index in [1.165, 1.54) is 0 Å². The first kappa shape index (κ1) is 12.2. The second kappa shape index (κ2) is 5.87. The summed E-state index contributed by atoms with van der Waals surface area (Å²) in [4.78, 5) is 21.6. The SMILES string of the molecule is O=C(O)CC(O)COC(=O)c1ccccc1. The molecule has 1 aromatic carbocycles. The normalized spacial score (nSPS) is 11.8. The number of benzene rings is 1. The molecule has 5 heteroatoms. The number of rotatable bonds is 5. The lowest BCUT2D eigenvalue weighted by atomic mass is 10.2. The first-order chi connectivity index (χ1) is 7.59. The minimum atomic E-state index is -1.18. The topological polar surface area (TPSA) is 83.8 Å². The minimum absolute atomic E-state index is 0.319. The van der Waals surface area contributed by atoms with Crippen LogP contribution < -0.4 is 0 Å². The molecular weight excluding hydrogens is 212 g/mol. The van der Waals surface area contributed by atoms with Crippen molar-refractivity contribution >= 4 is 11.9 Å². The smallest absolute Gasteiger partial charge is 0.338 e. The quantitative estimate of drug-likeness (QED) is 0.718. The molecule has 0 saturated carbocycles. The number of carboxylic acid groups (broad SMARTS) is 1. The van der Waals surface area contributed by atoms with E-state index in [1.54, 1.807) is 30.3 Å². The van der Waals surface area contributed by atoms with Crippen LogP contribution in [0, 0.1) is 0 Å². The monoisotopic (exact) mass is 224 g/mol. The summed E-state index contributed by atoms with van der Waals surface area (Å²) in [6, 6.07) is 8.28. The minimum Gasteiger partial charge on any atom is -0.481 e. The molecule has 1 rings (SSSR count).